The molecule has 0 rings (SSSR count). The van der Waals surface area contributed by atoms with Gasteiger partial charge in [0.15, 0.2) is 0 Å². The topological polar surface area (TPSA) is 72.8 Å². The van der Waals surface area contributed by atoms with Gasteiger partial charge in [-0.15, -0.1) is 0 Å². The lowest BCUT2D eigenvalue weighted by atomic mass is 9.92. The second-order valence-corrected chi connectivity index (χ2v) is 9.65. The summed E-state index contributed by atoms with van der Waals surface area (Å²) in [6, 6.07) is 0. The number of carbonyl (C=O) groups is 2. The van der Waals surface area contributed by atoms with Crippen LogP contribution in [0.3, 0.4) is 0 Å². The molecule has 5 nitrogen and oxygen atoms in total. The fourth-order valence-electron chi connectivity index (χ4n) is 3.80. The van der Waals surface area contributed by atoms with E-state index in [9.17, 15) is 14.7 Å². The van der Waals surface area contributed by atoms with Crippen LogP contribution in [0, 0.1) is 17.8 Å². The Labute approximate surface area is 191 Å². The number of rotatable bonds is 19. The van der Waals surface area contributed by atoms with Gasteiger partial charge in [-0.1, -0.05) is 80.1 Å². The lowest BCUT2D eigenvalue weighted by Gasteiger charge is -2.25. The molecular weight excluding hydrogens is 392 g/mol. The Morgan fingerprint density at radius 3 is 2.06 bits per heavy atom. The van der Waals surface area contributed by atoms with Crippen LogP contribution in [0.5, 0.6) is 0 Å². The Balaban J connectivity index is 4.54. The molecule has 0 aromatic heterocycles. The van der Waals surface area contributed by atoms with Crippen molar-refractivity contribution in [2.75, 3.05) is 6.61 Å². The maximum absolute atomic E-state index is 12.6. The van der Waals surface area contributed by atoms with Gasteiger partial charge >= 0.3 is 11.9 Å². The minimum Gasteiger partial charge on any atom is -0.465 e. The van der Waals surface area contributed by atoms with E-state index in [-0.39, 0.29) is 30.9 Å². The second kappa shape index (κ2) is 18.5. The summed E-state index contributed by atoms with van der Waals surface area (Å²) in [5.41, 5.74) is 0. The van der Waals surface area contributed by atoms with Crippen LogP contribution in [0.25, 0.3) is 0 Å². The molecule has 0 bridgehead atoms. The van der Waals surface area contributed by atoms with E-state index >= 15 is 0 Å². The van der Waals surface area contributed by atoms with Gasteiger partial charge in [-0.25, -0.2) is 0 Å². The molecule has 0 amide bonds. The van der Waals surface area contributed by atoms with E-state index in [1.165, 1.54) is 25.7 Å². The zero-order valence-corrected chi connectivity index (χ0v) is 21.2. The van der Waals surface area contributed by atoms with Gasteiger partial charge in [0.25, 0.3) is 0 Å². The molecule has 0 aliphatic rings. The summed E-state index contributed by atoms with van der Waals surface area (Å²) in [7, 11) is 0. The van der Waals surface area contributed by atoms with Crippen molar-refractivity contribution in [3.05, 3.63) is 0 Å². The minimum absolute atomic E-state index is 0.0456. The summed E-state index contributed by atoms with van der Waals surface area (Å²) in [5.74, 6) is 0.262. The minimum atomic E-state index is -0.642. The second-order valence-electron chi connectivity index (χ2n) is 9.65. The zero-order valence-electron chi connectivity index (χ0n) is 21.2. The molecule has 31 heavy (non-hydrogen) atoms. The smallest absolute Gasteiger partial charge is 0.306 e. The highest BCUT2D eigenvalue weighted by Crippen LogP contribution is 2.21. The third-order valence-corrected chi connectivity index (χ3v) is 5.93. The van der Waals surface area contributed by atoms with Crippen LogP contribution < -0.4 is 0 Å². The van der Waals surface area contributed by atoms with Crippen molar-refractivity contribution in [2.24, 2.45) is 17.8 Å². The van der Waals surface area contributed by atoms with Crippen LogP contribution in [0.2, 0.25) is 0 Å². The van der Waals surface area contributed by atoms with E-state index in [0.717, 1.165) is 25.7 Å². The maximum Gasteiger partial charge on any atom is 0.306 e. The third kappa shape index (κ3) is 16.2. The molecule has 0 spiro atoms. The standard InChI is InChI=1S/C26H50O5/c1-7-10-11-12-13-14-15-25(28)30-19-22(17-21(6)8-2)18-26(29)31-24(9-3)23(27)16-20(4)5/h20-24,27H,7-19H2,1-6H3. The Morgan fingerprint density at radius 2 is 1.48 bits per heavy atom. The average Bonchev–Trinajstić information content (AvgIpc) is 2.71. The van der Waals surface area contributed by atoms with Gasteiger partial charge in [0, 0.05) is 12.3 Å². The molecule has 0 fully saturated rings. The van der Waals surface area contributed by atoms with Crippen molar-refractivity contribution >= 4 is 11.9 Å². The number of hydrogen-bond donors (Lipinski definition) is 1. The highest BCUT2D eigenvalue weighted by molar-refractivity contribution is 5.70. The number of unbranched alkanes of at least 4 members (excludes halogenated alkanes) is 5. The first-order valence-electron chi connectivity index (χ1n) is 12.8. The van der Waals surface area contributed by atoms with E-state index in [4.69, 9.17) is 9.47 Å². The molecule has 0 aliphatic heterocycles. The summed E-state index contributed by atoms with van der Waals surface area (Å²) in [4.78, 5) is 24.7. The highest BCUT2D eigenvalue weighted by atomic mass is 16.6. The number of hydrogen-bond acceptors (Lipinski definition) is 5. The molecular formula is C26H50O5. The Bertz CT molecular complexity index is 463. The Kier molecular flexibility index (Phi) is 17.8. The van der Waals surface area contributed by atoms with Crippen molar-refractivity contribution in [3.8, 4) is 0 Å². The molecule has 0 aliphatic carbocycles. The van der Waals surface area contributed by atoms with Crippen LogP contribution in [0.1, 0.15) is 119 Å². The summed E-state index contributed by atoms with van der Waals surface area (Å²) < 4.78 is 11.1. The predicted octanol–water partition coefficient (Wildman–Crippen LogP) is 6.45. The summed E-state index contributed by atoms with van der Waals surface area (Å²) >= 11 is 0. The number of ether oxygens (including phenoxy) is 2. The molecule has 1 N–H and O–H groups in total. The van der Waals surface area contributed by atoms with Crippen LogP contribution >= 0.6 is 0 Å². The summed E-state index contributed by atoms with van der Waals surface area (Å²) in [5, 5.41) is 10.3. The van der Waals surface area contributed by atoms with Gasteiger partial charge in [0.2, 0.25) is 0 Å². The van der Waals surface area contributed by atoms with Crippen molar-refractivity contribution in [1.82, 2.24) is 0 Å². The summed E-state index contributed by atoms with van der Waals surface area (Å²) in [6.07, 6.45) is 9.40. The van der Waals surface area contributed by atoms with E-state index in [0.29, 0.717) is 31.1 Å². The first-order valence-corrected chi connectivity index (χ1v) is 12.8. The molecule has 0 aromatic carbocycles. The monoisotopic (exact) mass is 442 g/mol. The van der Waals surface area contributed by atoms with Crippen LogP contribution in [-0.4, -0.2) is 35.9 Å². The SMILES string of the molecule is CCCCCCCCC(=O)OCC(CC(=O)OC(CC)C(O)CC(C)C)CC(C)CC. The molecule has 4 atom stereocenters. The fraction of sp³-hybridized carbons (Fsp3) is 0.923. The van der Waals surface area contributed by atoms with Crippen molar-refractivity contribution in [1.29, 1.82) is 0 Å². The van der Waals surface area contributed by atoms with Crippen LogP contribution in [0.15, 0.2) is 0 Å². The highest BCUT2D eigenvalue weighted by Gasteiger charge is 2.25. The van der Waals surface area contributed by atoms with Gasteiger partial charge in [-0.3, -0.25) is 9.59 Å². The first kappa shape index (κ1) is 29.9. The largest absolute Gasteiger partial charge is 0.465 e. The van der Waals surface area contributed by atoms with Crippen molar-refractivity contribution in [3.63, 3.8) is 0 Å². The van der Waals surface area contributed by atoms with Gasteiger partial charge in [0.1, 0.15) is 6.10 Å². The molecule has 5 heteroatoms. The number of esters is 2. The number of carbonyl (C=O) groups excluding carboxylic acids is 2. The molecule has 184 valence electrons. The van der Waals surface area contributed by atoms with Crippen LogP contribution in [0.4, 0.5) is 0 Å². The predicted molar refractivity (Wildman–Crippen MR) is 127 cm³/mol. The van der Waals surface area contributed by atoms with E-state index < -0.39 is 12.2 Å². The van der Waals surface area contributed by atoms with E-state index in [2.05, 4.69) is 20.8 Å². The van der Waals surface area contributed by atoms with E-state index in [1.54, 1.807) is 0 Å². The average molecular weight is 443 g/mol. The third-order valence-electron chi connectivity index (χ3n) is 5.93. The van der Waals surface area contributed by atoms with Gasteiger partial charge in [0.05, 0.1) is 19.1 Å². The van der Waals surface area contributed by atoms with Gasteiger partial charge in [-0.05, 0) is 37.5 Å². The van der Waals surface area contributed by atoms with Crippen LogP contribution in [-0.2, 0) is 19.1 Å². The molecule has 0 saturated heterocycles. The molecule has 4 unspecified atom stereocenters. The van der Waals surface area contributed by atoms with E-state index in [1.807, 2.05) is 20.8 Å². The lowest BCUT2D eigenvalue weighted by Crippen LogP contribution is -2.33. The van der Waals surface area contributed by atoms with Gasteiger partial charge < -0.3 is 14.6 Å². The quantitative estimate of drug-likeness (QED) is 0.184. The lowest BCUT2D eigenvalue weighted by molar-refractivity contribution is -0.159. The van der Waals surface area contributed by atoms with Gasteiger partial charge in [-0.2, -0.15) is 0 Å². The van der Waals surface area contributed by atoms with Crippen molar-refractivity contribution < 1.29 is 24.2 Å². The normalized spacial score (nSPS) is 15.4. The zero-order chi connectivity index (χ0) is 23.6. The Hall–Kier alpha value is -1.10. The van der Waals surface area contributed by atoms with Crippen molar-refractivity contribution in [2.45, 2.75) is 131 Å². The fourth-order valence-corrected chi connectivity index (χ4v) is 3.80. The summed E-state index contributed by atoms with van der Waals surface area (Å²) in [6.45, 7) is 12.7. The Morgan fingerprint density at radius 1 is 0.839 bits per heavy atom. The maximum atomic E-state index is 12.6. The molecule has 0 aromatic rings. The molecule has 0 heterocycles. The molecule has 0 radical (unpaired) electrons. The number of aliphatic hydroxyl groups excluding tert-OH is 1. The number of aliphatic hydroxyl groups is 1. The molecule has 0 saturated carbocycles. The first-order chi connectivity index (χ1) is 14.7.